The highest BCUT2D eigenvalue weighted by Gasteiger charge is 2.17. The fourth-order valence-corrected chi connectivity index (χ4v) is 2.16. The van der Waals surface area contributed by atoms with Gasteiger partial charge in [-0.2, -0.15) is 0 Å². The average molecular weight is 218 g/mol. The first-order chi connectivity index (χ1) is 7.72. The Hall–Kier alpha value is -1.28. The lowest BCUT2D eigenvalue weighted by Crippen LogP contribution is -2.01. The standard InChI is InChI=1S/C14H18O2/c1-10-7-8-12(9-13(10)16-2)14(15)11-5-3-4-6-11/h5,7-9,14-15H,3-4,6H2,1-2H3. The highest BCUT2D eigenvalue weighted by molar-refractivity contribution is 5.39. The van der Waals surface area contributed by atoms with E-state index in [1.54, 1.807) is 7.11 Å². The van der Waals surface area contributed by atoms with E-state index in [1.165, 1.54) is 0 Å². The maximum atomic E-state index is 10.2. The van der Waals surface area contributed by atoms with E-state index in [9.17, 15) is 5.11 Å². The summed E-state index contributed by atoms with van der Waals surface area (Å²) in [5.41, 5.74) is 3.17. The fraction of sp³-hybridized carbons (Fsp3) is 0.429. The summed E-state index contributed by atoms with van der Waals surface area (Å²) in [7, 11) is 1.66. The van der Waals surface area contributed by atoms with Crippen molar-refractivity contribution in [2.75, 3.05) is 7.11 Å². The van der Waals surface area contributed by atoms with E-state index in [-0.39, 0.29) is 0 Å². The van der Waals surface area contributed by atoms with Crippen LogP contribution in [0.25, 0.3) is 0 Å². The van der Waals surface area contributed by atoms with Crippen LogP contribution in [0.5, 0.6) is 5.75 Å². The first kappa shape index (κ1) is 11.2. The summed E-state index contributed by atoms with van der Waals surface area (Å²) in [6.45, 7) is 2.00. The van der Waals surface area contributed by atoms with Crippen LogP contribution in [0.2, 0.25) is 0 Å². The van der Waals surface area contributed by atoms with Gasteiger partial charge in [0.2, 0.25) is 0 Å². The van der Waals surface area contributed by atoms with Crippen LogP contribution in [-0.2, 0) is 0 Å². The second kappa shape index (κ2) is 4.71. The Balaban J connectivity index is 2.26. The highest BCUT2D eigenvalue weighted by atomic mass is 16.5. The Labute approximate surface area is 96.6 Å². The molecule has 1 unspecified atom stereocenters. The van der Waals surface area contributed by atoms with Crippen LogP contribution in [0.4, 0.5) is 0 Å². The molecule has 0 aliphatic heterocycles. The maximum Gasteiger partial charge on any atom is 0.122 e. The van der Waals surface area contributed by atoms with Crippen molar-refractivity contribution < 1.29 is 9.84 Å². The number of aliphatic hydroxyl groups excluding tert-OH is 1. The van der Waals surface area contributed by atoms with E-state index in [0.717, 1.165) is 41.7 Å². The first-order valence-electron chi connectivity index (χ1n) is 5.74. The molecular formula is C14H18O2. The molecule has 1 aromatic rings. The van der Waals surface area contributed by atoms with Crippen molar-refractivity contribution in [2.24, 2.45) is 0 Å². The Morgan fingerprint density at radius 2 is 2.19 bits per heavy atom. The quantitative estimate of drug-likeness (QED) is 0.790. The van der Waals surface area contributed by atoms with Crippen LogP contribution in [0, 0.1) is 6.92 Å². The van der Waals surface area contributed by atoms with Gasteiger partial charge in [-0.15, -0.1) is 0 Å². The Morgan fingerprint density at radius 3 is 2.81 bits per heavy atom. The second-order valence-electron chi connectivity index (χ2n) is 4.30. The fourth-order valence-electron chi connectivity index (χ4n) is 2.16. The van der Waals surface area contributed by atoms with Crippen molar-refractivity contribution in [3.63, 3.8) is 0 Å². The zero-order chi connectivity index (χ0) is 11.5. The van der Waals surface area contributed by atoms with Crippen LogP contribution in [0.1, 0.15) is 36.5 Å². The van der Waals surface area contributed by atoms with Crippen molar-refractivity contribution in [1.29, 1.82) is 0 Å². The van der Waals surface area contributed by atoms with Crippen LogP contribution >= 0.6 is 0 Å². The molecule has 16 heavy (non-hydrogen) atoms. The molecule has 1 N–H and O–H groups in total. The van der Waals surface area contributed by atoms with Crippen LogP contribution in [-0.4, -0.2) is 12.2 Å². The first-order valence-corrected chi connectivity index (χ1v) is 5.74. The van der Waals surface area contributed by atoms with Gasteiger partial charge in [0, 0.05) is 0 Å². The Morgan fingerprint density at radius 1 is 1.38 bits per heavy atom. The van der Waals surface area contributed by atoms with E-state index in [1.807, 2.05) is 25.1 Å². The van der Waals surface area contributed by atoms with Gasteiger partial charge in [0.05, 0.1) is 7.11 Å². The molecule has 86 valence electrons. The minimum atomic E-state index is -0.461. The number of methoxy groups -OCH3 is 1. The number of hydrogen-bond acceptors (Lipinski definition) is 2. The zero-order valence-corrected chi connectivity index (χ0v) is 9.86. The molecule has 0 bridgehead atoms. The number of benzene rings is 1. The summed E-state index contributed by atoms with van der Waals surface area (Å²) >= 11 is 0. The summed E-state index contributed by atoms with van der Waals surface area (Å²) in [6.07, 6.45) is 4.95. The molecule has 0 saturated heterocycles. The SMILES string of the molecule is COc1cc(C(O)C2=CCCC2)ccc1C. The van der Waals surface area contributed by atoms with Gasteiger partial charge in [-0.3, -0.25) is 0 Å². The molecule has 0 saturated carbocycles. The van der Waals surface area contributed by atoms with E-state index in [0.29, 0.717) is 0 Å². The second-order valence-corrected chi connectivity index (χ2v) is 4.30. The Bertz CT molecular complexity index is 407. The molecule has 1 aliphatic rings. The zero-order valence-electron chi connectivity index (χ0n) is 9.86. The lowest BCUT2D eigenvalue weighted by molar-refractivity contribution is 0.212. The number of ether oxygens (including phenoxy) is 1. The molecule has 0 amide bonds. The summed E-state index contributed by atoms with van der Waals surface area (Å²) in [6, 6.07) is 5.90. The van der Waals surface area contributed by atoms with Crippen molar-refractivity contribution in [3.8, 4) is 5.75 Å². The molecule has 2 nitrogen and oxygen atoms in total. The summed E-state index contributed by atoms with van der Waals surface area (Å²) in [5.74, 6) is 0.843. The largest absolute Gasteiger partial charge is 0.496 e. The predicted molar refractivity (Wildman–Crippen MR) is 64.6 cm³/mol. The van der Waals surface area contributed by atoms with Gasteiger partial charge in [-0.1, -0.05) is 18.2 Å². The minimum absolute atomic E-state index is 0.461. The van der Waals surface area contributed by atoms with Crippen molar-refractivity contribution in [1.82, 2.24) is 0 Å². The average Bonchev–Trinajstić information content (AvgIpc) is 2.82. The molecule has 0 aromatic heterocycles. The van der Waals surface area contributed by atoms with Crippen molar-refractivity contribution in [2.45, 2.75) is 32.3 Å². The molecule has 0 heterocycles. The van der Waals surface area contributed by atoms with Crippen molar-refractivity contribution in [3.05, 3.63) is 41.0 Å². The van der Waals surface area contributed by atoms with Gasteiger partial charge in [0.15, 0.2) is 0 Å². The summed E-state index contributed by atoms with van der Waals surface area (Å²) < 4.78 is 5.27. The normalized spacial score (nSPS) is 17.1. The molecule has 0 radical (unpaired) electrons. The van der Waals surface area contributed by atoms with E-state index in [4.69, 9.17) is 4.74 Å². The predicted octanol–water partition coefficient (Wildman–Crippen LogP) is 3.15. The number of hydrogen-bond donors (Lipinski definition) is 1. The number of allylic oxidation sites excluding steroid dienone is 1. The molecule has 2 heteroatoms. The molecule has 1 aliphatic carbocycles. The van der Waals surface area contributed by atoms with E-state index < -0.39 is 6.10 Å². The number of aryl methyl sites for hydroxylation is 1. The Kier molecular flexibility index (Phi) is 3.30. The van der Waals surface area contributed by atoms with Gasteiger partial charge >= 0.3 is 0 Å². The van der Waals surface area contributed by atoms with Gasteiger partial charge in [0.25, 0.3) is 0 Å². The summed E-state index contributed by atoms with van der Waals surface area (Å²) in [5, 5.41) is 10.2. The molecule has 2 rings (SSSR count). The maximum absolute atomic E-state index is 10.2. The smallest absolute Gasteiger partial charge is 0.122 e. The van der Waals surface area contributed by atoms with Gasteiger partial charge in [0.1, 0.15) is 11.9 Å². The molecule has 0 spiro atoms. The monoisotopic (exact) mass is 218 g/mol. The molecule has 1 atom stereocenters. The third kappa shape index (κ3) is 2.12. The molecular weight excluding hydrogens is 200 g/mol. The lowest BCUT2D eigenvalue weighted by atomic mass is 9.99. The van der Waals surface area contributed by atoms with Crippen LogP contribution in [0.3, 0.4) is 0 Å². The van der Waals surface area contributed by atoms with E-state index >= 15 is 0 Å². The highest BCUT2D eigenvalue weighted by Crippen LogP contribution is 2.32. The third-order valence-corrected chi connectivity index (χ3v) is 3.18. The third-order valence-electron chi connectivity index (χ3n) is 3.18. The number of aliphatic hydroxyl groups is 1. The van der Waals surface area contributed by atoms with Gasteiger partial charge in [-0.25, -0.2) is 0 Å². The molecule has 0 fully saturated rings. The summed E-state index contributed by atoms with van der Waals surface area (Å²) in [4.78, 5) is 0. The van der Waals surface area contributed by atoms with Gasteiger partial charge < -0.3 is 9.84 Å². The minimum Gasteiger partial charge on any atom is -0.496 e. The van der Waals surface area contributed by atoms with E-state index in [2.05, 4.69) is 6.08 Å². The van der Waals surface area contributed by atoms with Crippen LogP contribution in [0.15, 0.2) is 29.8 Å². The molecule has 1 aromatic carbocycles. The lowest BCUT2D eigenvalue weighted by Gasteiger charge is -2.14. The van der Waals surface area contributed by atoms with Crippen molar-refractivity contribution >= 4 is 0 Å². The van der Waals surface area contributed by atoms with Crippen LogP contribution < -0.4 is 4.74 Å². The number of rotatable bonds is 3. The van der Waals surface area contributed by atoms with Gasteiger partial charge in [-0.05, 0) is 49.0 Å². The topological polar surface area (TPSA) is 29.5 Å².